The molecule has 106 valence electrons. The normalized spacial score (nSPS) is 10.7. The topological polar surface area (TPSA) is 90.0 Å². The Balaban J connectivity index is 1.88. The zero-order chi connectivity index (χ0) is 15.0. The summed E-state index contributed by atoms with van der Waals surface area (Å²) in [5.74, 6) is -0.361. The van der Waals surface area contributed by atoms with E-state index in [1.165, 1.54) is 22.0 Å². The second kappa shape index (κ2) is 5.02. The molecule has 1 amide bonds. The number of carbonyl (C=O) groups excluding carboxylic acids is 1. The number of nitrogen functional groups attached to an aromatic ring is 1. The number of nitrogens with two attached hydrogens (primary N) is 1. The van der Waals surface area contributed by atoms with E-state index < -0.39 is 0 Å². The van der Waals surface area contributed by atoms with Crippen molar-refractivity contribution in [1.29, 1.82) is 0 Å². The molecule has 0 spiro atoms. The van der Waals surface area contributed by atoms with E-state index >= 15 is 0 Å². The fourth-order valence-corrected chi connectivity index (χ4v) is 2.76. The van der Waals surface area contributed by atoms with E-state index in [4.69, 9.17) is 5.73 Å². The third kappa shape index (κ3) is 2.63. The smallest absolute Gasteiger partial charge is 0.257 e. The van der Waals surface area contributed by atoms with Gasteiger partial charge in [-0.15, -0.1) is 0 Å². The number of hydrogen-bond donors (Lipinski definition) is 2. The second-order valence-electron chi connectivity index (χ2n) is 4.56. The van der Waals surface area contributed by atoms with Crippen molar-refractivity contribution in [2.24, 2.45) is 7.05 Å². The number of benzene rings is 1. The first-order chi connectivity index (χ1) is 10.0. The van der Waals surface area contributed by atoms with Crippen molar-refractivity contribution in [3.05, 3.63) is 52.4 Å². The van der Waals surface area contributed by atoms with Gasteiger partial charge >= 0.3 is 0 Å². The second-order valence-corrected chi connectivity index (χ2v) is 5.60. The van der Waals surface area contributed by atoms with Crippen LogP contribution in [0.2, 0.25) is 0 Å². The third-order valence-electron chi connectivity index (χ3n) is 3.00. The van der Waals surface area contributed by atoms with Crippen molar-refractivity contribution in [2.75, 3.05) is 11.1 Å². The van der Waals surface area contributed by atoms with Crippen LogP contribution in [-0.2, 0) is 7.05 Å². The maximum atomic E-state index is 12.1. The minimum Gasteiger partial charge on any atom is -0.399 e. The molecule has 3 aromatic rings. The number of pyridine rings is 1. The summed E-state index contributed by atoms with van der Waals surface area (Å²) in [6, 6.07) is 8.24. The lowest BCUT2D eigenvalue weighted by molar-refractivity contribution is 0.102. The molecule has 0 aliphatic carbocycles. The highest BCUT2D eigenvalue weighted by Crippen LogP contribution is 2.27. The van der Waals surface area contributed by atoms with Crippen LogP contribution in [0.1, 0.15) is 10.4 Å². The zero-order valence-corrected chi connectivity index (χ0v) is 12.0. The number of rotatable bonds is 2. The van der Waals surface area contributed by atoms with Gasteiger partial charge in [0.2, 0.25) is 0 Å². The standard InChI is InChI=1S/C14H12N4O2S/c1-18-5-4-8(6-12(18)19)13(20)17-14-16-10-3-2-9(15)7-11(10)21-14/h2-7H,15H2,1H3,(H,16,17,20). The lowest BCUT2D eigenvalue weighted by Crippen LogP contribution is -2.19. The van der Waals surface area contributed by atoms with Crippen LogP contribution in [0.5, 0.6) is 0 Å². The number of amides is 1. The average Bonchev–Trinajstić information content (AvgIpc) is 2.83. The predicted molar refractivity (Wildman–Crippen MR) is 83.7 cm³/mol. The van der Waals surface area contributed by atoms with Crippen molar-refractivity contribution in [3.63, 3.8) is 0 Å². The minimum atomic E-state index is -0.361. The van der Waals surface area contributed by atoms with E-state index in [2.05, 4.69) is 10.3 Å². The first-order valence-electron chi connectivity index (χ1n) is 6.17. The summed E-state index contributed by atoms with van der Waals surface area (Å²) in [5.41, 5.74) is 7.20. The Kier molecular flexibility index (Phi) is 3.19. The molecule has 0 saturated carbocycles. The number of aryl methyl sites for hydroxylation is 1. The molecule has 0 radical (unpaired) electrons. The van der Waals surface area contributed by atoms with Gasteiger partial charge in [0.1, 0.15) is 0 Å². The molecule has 2 heterocycles. The van der Waals surface area contributed by atoms with Crippen molar-refractivity contribution >= 4 is 38.3 Å². The third-order valence-corrected chi connectivity index (χ3v) is 3.93. The summed E-state index contributed by atoms with van der Waals surface area (Å²) in [6.07, 6.45) is 1.55. The maximum absolute atomic E-state index is 12.1. The fraction of sp³-hybridized carbons (Fsp3) is 0.0714. The van der Waals surface area contributed by atoms with Gasteiger partial charge in [0.05, 0.1) is 10.2 Å². The number of hydrogen-bond acceptors (Lipinski definition) is 5. The summed E-state index contributed by atoms with van der Waals surface area (Å²) < 4.78 is 2.30. The van der Waals surface area contributed by atoms with E-state index in [0.717, 1.165) is 10.2 Å². The Morgan fingerprint density at radius 1 is 1.33 bits per heavy atom. The van der Waals surface area contributed by atoms with Crippen molar-refractivity contribution in [3.8, 4) is 0 Å². The zero-order valence-electron chi connectivity index (χ0n) is 11.2. The molecule has 0 atom stereocenters. The molecule has 0 bridgehead atoms. The Hall–Kier alpha value is -2.67. The first-order valence-corrected chi connectivity index (χ1v) is 6.99. The Bertz CT molecular complexity index is 897. The molecule has 2 aromatic heterocycles. The highest BCUT2D eigenvalue weighted by atomic mass is 32.1. The molecule has 7 heteroatoms. The van der Waals surface area contributed by atoms with Gasteiger partial charge in [-0.1, -0.05) is 11.3 Å². The van der Waals surface area contributed by atoms with Crippen LogP contribution < -0.4 is 16.6 Å². The number of thiazole rings is 1. The van der Waals surface area contributed by atoms with Crippen molar-refractivity contribution < 1.29 is 4.79 Å². The largest absolute Gasteiger partial charge is 0.399 e. The Labute approximate surface area is 123 Å². The van der Waals surface area contributed by atoms with Crippen LogP contribution in [0.15, 0.2) is 41.3 Å². The lowest BCUT2D eigenvalue weighted by atomic mass is 10.2. The number of anilines is 2. The minimum absolute atomic E-state index is 0.236. The SMILES string of the molecule is Cn1ccc(C(=O)Nc2nc3ccc(N)cc3s2)cc1=O. The summed E-state index contributed by atoms with van der Waals surface area (Å²) >= 11 is 1.34. The molecule has 3 rings (SSSR count). The summed E-state index contributed by atoms with van der Waals surface area (Å²) in [7, 11) is 1.63. The molecule has 0 aliphatic rings. The van der Waals surface area contributed by atoms with Crippen LogP contribution in [0.4, 0.5) is 10.8 Å². The number of carbonyl (C=O) groups is 1. The Morgan fingerprint density at radius 2 is 2.14 bits per heavy atom. The first kappa shape index (κ1) is 13.3. The van der Waals surface area contributed by atoms with Crippen molar-refractivity contribution in [1.82, 2.24) is 9.55 Å². The molecule has 3 N–H and O–H groups in total. The molecule has 0 saturated heterocycles. The van der Waals surface area contributed by atoms with Gasteiger partial charge in [0, 0.05) is 30.6 Å². The fourth-order valence-electron chi connectivity index (χ4n) is 1.85. The number of nitrogens with one attached hydrogen (secondary N) is 1. The van der Waals surface area contributed by atoms with E-state index in [1.54, 1.807) is 37.5 Å². The number of nitrogens with zero attached hydrogens (tertiary/aromatic N) is 2. The number of aromatic nitrogens is 2. The molecule has 0 aliphatic heterocycles. The van der Waals surface area contributed by atoms with Crippen LogP contribution in [0.3, 0.4) is 0 Å². The van der Waals surface area contributed by atoms with E-state index in [9.17, 15) is 9.59 Å². The van der Waals surface area contributed by atoms with E-state index in [1.807, 2.05) is 0 Å². The van der Waals surface area contributed by atoms with E-state index in [-0.39, 0.29) is 11.5 Å². The van der Waals surface area contributed by atoms with Crippen LogP contribution in [-0.4, -0.2) is 15.5 Å². The monoisotopic (exact) mass is 300 g/mol. The summed E-state index contributed by atoms with van der Waals surface area (Å²) in [5, 5.41) is 3.17. The quantitative estimate of drug-likeness (QED) is 0.706. The van der Waals surface area contributed by atoms with Crippen LogP contribution >= 0.6 is 11.3 Å². The van der Waals surface area contributed by atoms with Gasteiger partial charge in [-0.3, -0.25) is 14.9 Å². The molecule has 0 fully saturated rings. The van der Waals surface area contributed by atoms with Gasteiger partial charge in [-0.05, 0) is 24.3 Å². The highest BCUT2D eigenvalue weighted by molar-refractivity contribution is 7.22. The van der Waals surface area contributed by atoms with Gasteiger partial charge < -0.3 is 10.3 Å². The molecular weight excluding hydrogens is 288 g/mol. The van der Waals surface area contributed by atoms with Crippen molar-refractivity contribution in [2.45, 2.75) is 0 Å². The summed E-state index contributed by atoms with van der Waals surface area (Å²) in [6.45, 7) is 0. The number of fused-ring (bicyclic) bond motifs is 1. The molecule has 1 aromatic carbocycles. The maximum Gasteiger partial charge on any atom is 0.257 e. The lowest BCUT2D eigenvalue weighted by Gasteiger charge is -2.02. The predicted octanol–water partition coefficient (Wildman–Crippen LogP) is 1.83. The van der Waals surface area contributed by atoms with Crippen LogP contribution in [0.25, 0.3) is 10.2 Å². The molecule has 21 heavy (non-hydrogen) atoms. The average molecular weight is 300 g/mol. The van der Waals surface area contributed by atoms with Crippen LogP contribution in [0, 0.1) is 0 Å². The molecule has 0 unspecified atom stereocenters. The summed E-state index contributed by atoms with van der Waals surface area (Å²) in [4.78, 5) is 27.9. The Morgan fingerprint density at radius 3 is 2.90 bits per heavy atom. The van der Waals surface area contributed by atoms with Gasteiger partial charge in [-0.2, -0.15) is 0 Å². The molecule has 6 nitrogen and oxygen atoms in total. The van der Waals surface area contributed by atoms with E-state index in [0.29, 0.717) is 16.4 Å². The van der Waals surface area contributed by atoms with Gasteiger partial charge in [0.25, 0.3) is 11.5 Å². The van der Waals surface area contributed by atoms with Gasteiger partial charge in [0.15, 0.2) is 5.13 Å². The molecular formula is C14H12N4O2S. The van der Waals surface area contributed by atoms with Gasteiger partial charge in [-0.25, -0.2) is 4.98 Å². The highest BCUT2D eigenvalue weighted by Gasteiger charge is 2.10.